The molecule has 1 fully saturated rings. The maximum absolute atomic E-state index is 12.9. The topological polar surface area (TPSA) is 75.4 Å². The number of hydrogen-bond donors (Lipinski definition) is 1. The summed E-state index contributed by atoms with van der Waals surface area (Å²) in [6.45, 7) is 0.416. The third-order valence-electron chi connectivity index (χ3n) is 3.70. The summed E-state index contributed by atoms with van der Waals surface area (Å²) in [6, 6.07) is 6.45. The van der Waals surface area contributed by atoms with Gasteiger partial charge in [-0.3, -0.25) is 4.79 Å². The summed E-state index contributed by atoms with van der Waals surface area (Å²) < 4.78 is 14.4. The van der Waals surface area contributed by atoms with E-state index in [0.29, 0.717) is 25.1 Å². The molecule has 1 aromatic heterocycles. The van der Waals surface area contributed by atoms with Crippen LogP contribution in [0.4, 0.5) is 4.39 Å². The van der Waals surface area contributed by atoms with Crippen LogP contribution < -0.4 is 0 Å². The van der Waals surface area contributed by atoms with Gasteiger partial charge >= 0.3 is 5.97 Å². The monoisotopic (exact) mass is 303 g/mol. The van der Waals surface area contributed by atoms with Crippen molar-refractivity contribution in [2.24, 2.45) is 0 Å². The standard InChI is InChI=1S/C15H14FN3O3/c16-10-3-5-11(6-4-10)19-9-7-12(17-19)14(20)18-8-1-2-13(18)15(21)22/h3-7,9,13H,1-2,8H2,(H,21,22). The van der Waals surface area contributed by atoms with Gasteiger partial charge in [-0.15, -0.1) is 0 Å². The number of aliphatic carboxylic acids is 1. The minimum Gasteiger partial charge on any atom is -0.480 e. The Hall–Kier alpha value is -2.70. The molecule has 0 aliphatic carbocycles. The molecule has 2 aromatic rings. The summed E-state index contributed by atoms with van der Waals surface area (Å²) in [5, 5.41) is 13.3. The fraction of sp³-hybridized carbons (Fsp3) is 0.267. The van der Waals surface area contributed by atoms with Crippen molar-refractivity contribution in [2.75, 3.05) is 6.54 Å². The first kappa shape index (κ1) is 14.2. The second-order valence-electron chi connectivity index (χ2n) is 5.12. The smallest absolute Gasteiger partial charge is 0.326 e. The zero-order chi connectivity index (χ0) is 15.7. The van der Waals surface area contributed by atoms with Crippen molar-refractivity contribution in [3.8, 4) is 5.69 Å². The van der Waals surface area contributed by atoms with E-state index in [9.17, 15) is 14.0 Å². The molecule has 0 bridgehead atoms. The largest absolute Gasteiger partial charge is 0.480 e. The third-order valence-corrected chi connectivity index (χ3v) is 3.70. The highest BCUT2D eigenvalue weighted by atomic mass is 19.1. The fourth-order valence-corrected chi connectivity index (χ4v) is 2.59. The van der Waals surface area contributed by atoms with Crippen LogP contribution in [0.2, 0.25) is 0 Å². The van der Waals surface area contributed by atoms with Crippen LogP contribution in [0.5, 0.6) is 0 Å². The van der Waals surface area contributed by atoms with Crippen molar-refractivity contribution < 1.29 is 19.1 Å². The quantitative estimate of drug-likeness (QED) is 0.936. The maximum Gasteiger partial charge on any atom is 0.326 e. The van der Waals surface area contributed by atoms with Gasteiger partial charge in [-0.25, -0.2) is 13.9 Å². The van der Waals surface area contributed by atoms with E-state index in [1.165, 1.54) is 27.8 Å². The highest BCUT2D eigenvalue weighted by Gasteiger charge is 2.35. The summed E-state index contributed by atoms with van der Waals surface area (Å²) >= 11 is 0. The molecule has 114 valence electrons. The molecular weight excluding hydrogens is 289 g/mol. The number of carbonyl (C=O) groups excluding carboxylic acids is 1. The molecule has 22 heavy (non-hydrogen) atoms. The van der Waals surface area contributed by atoms with Gasteiger partial charge in [-0.2, -0.15) is 5.10 Å². The van der Waals surface area contributed by atoms with E-state index in [1.807, 2.05) is 0 Å². The van der Waals surface area contributed by atoms with Crippen LogP contribution in [-0.4, -0.2) is 44.3 Å². The van der Waals surface area contributed by atoms with Crippen LogP contribution in [0.1, 0.15) is 23.3 Å². The predicted molar refractivity (Wildman–Crippen MR) is 75.2 cm³/mol. The normalized spacial score (nSPS) is 17.7. The molecule has 1 aliphatic rings. The van der Waals surface area contributed by atoms with Crippen LogP contribution in [0.25, 0.3) is 5.69 Å². The number of nitrogens with zero attached hydrogens (tertiary/aromatic N) is 3. The number of rotatable bonds is 3. The van der Waals surface area contributed by atoms with E-state index in [1.54, 1.807) is 18.3 Å². The lowest BCUT2D eigenvalue weighted by Crippen LogP contribution is -2.40. The molecule has 3 rings (SSSR count). The molecule has 1 aromatic carbocycles. The van der Waals surface area contributed by atoms with Gasteiger partial charge in [-0.05, 0) is 43.2 Å². The van der Waals surface area contributed by atoms with Gasteiger partial charge in [-0.1, -0.05) is 0 Å². The van der Waals surface area contributed by atoms with Crippen molar-refractivity contribution in [1.82, 2.24) is 14.7 Å². The molecule has 1 unspecified atom stereocenters. The molecule has 1 aliphatic heterocycles. The van der Waals surface area contributed by atoms with Gasteiger partial charge in [0.25, 0.3) is 5.91 Å². The summed E-state index contributed by atoms with van der Waals surface area (Å²) in [5.74, 6) is -1.75. The molecule has 1 amide bonds. The Labute approximate surface area is 125 Å². The summed E-state index contributed by atoms with van der Waals surface area (Å²) in [5.41, 5.74) is 0.800. The summed E-state index contributed by atoms with van der Waals surface area (Å²) in [6.07, 6.45) is 2.72. The molecule has 0 spiro atoms. The highest BCUT2D eigenvalue weighted by molar-refractivity contribution is 5.95. The summed E-state index contributed by atoms with van der Waals surface area (Å²) in [4.78, 5) is 24.9. The number of carboxylic acid groups (broad SMARTS) is 1. The van der Waals surface area contributed by atoms with Gasteiger partial charge in [0.2, 0.25) is 0 Å². The molecule has 1 saturated heterocycles. The second-order valence-corrected chi connectivity index (χ2v) is 5.12. The minimum absolute atomic E-state index is 0.178. The average molecular weight is 303 g/mol. The second kappa shape index (κ2) is 5.59. The third kappa shape index (κ3) is 2.57. The lowest BCUT2D eigenvalue weighted by Gasteiger charge is -2.20. The van der Waals surface area contributed by atoms with Crippen LogP contribution >= 0.6 is 0 Å². The first-order valence-corrected chi connectivity index (χ1v) is 6.91. The van der Waals surface area contributed by atoms with Crippen molar-refractivity contribution >= 4 is 11.9 Å². The average Bonchev–Trinajstić information content (AvgIpc) is 3.17. The number of carbonyl (C=O) groups is 2. The molecule has 2 heterocycles. The fourth-order valence-electron chi connectivity index (χ4n) is 2.59. The number of amides is 1. The maximum atomic E-state index is 12.9. The molecule has 6 nitrogen and oxygen atoms in total. The minimum atomic E-state index is -0.996. The molecule has 0 radical (unpaired) electrons. The van der Waals surface area contributed by atoms with Gasteiger partial charge in [0, 0.05) is 12.7 Å². The van der Waals surface area contributed by atoms with Crippen LogP contribution in [0, 0.1) is 5.82 Å². The van der Waals surface area contributed by atoms with E-state index in [2.05, 4.69) is 5.10 Å². The number of likely N-dealkylation sites (tertiary alicyclic amines) is 1. The molecular formula is C15H14FN3O3. The number of aromatic nitrogens is 2. The Morgan fingerprint density at radius 3 is 2.64 bits per heavy atom. The van der Waals surface area contributed by atoms with Gasteiger partial charge in [0.15, 0.2) is 5.69 Å². The molecule has 1 N–H and O–H groups in total. The lowest BCUT2D eigenvalue weighted by molar-refractivity contribution is -0.141. The molecule has 0 saturated carbocycles. The van der Waals surface area contributed by atoms with Crippen molar-refractivity contribution in [3.63, 3.8) is 0 Å². The number of halogens is 1. The summed E-state index contributed by atoms with van der Waals surface area (Å²) in [7, 11) is 0. The van der Waals surface area contributed by atoms with Gasteiger partial charge in [0.05, 0.1) is 5.69 Å². The molecule has 7 heteroatoms. The van der Waals surface area contributed by atoms with Crippen LogP contribution in [0.3, 0.4) is 0 Å². The van der Waals surface area contributed by atoms with Crippen molar-refractivity contribution in [1.29, 1.82) is 0 Å². The van der Waals surface area contributed by atoms with E-state index < -0.39 is 17.9 Å². The predicted octanol–water partition coefficient (Wildman–Crippen LogP) is 1.70. The number of benzene rings is 1. The zero-order valence-corrected chi connectivity index (χ0v) is 11.6. The Balaban J connectivity index is 1.82. The Morgan fingerprint density at radius 1 is 1.23 bits per heavy atom. The van der Waals surface area contributed by atoms with E-state index >= 15 is 0 Å². The number of carboxylic acids is 1. The lowest BCUT2D eigenvalue weighted by atomic mass is 10.2. The molecule has 1 atom stereocenters. The first-order valence-electron chi connectivity index (χ1n) is 6.91. The van der Waals surface area contributed by atoms with Crippen molar-refractivity contribution in [2.45, 2.75) is 18.9 Å². The Kier molecular flexibility index (Phi) is 3.62. The Morgan fingerprint density at radius 2 is 1.95 bits per heavy atom. The van der Waals surface area contributed by atoms with Crippen LogP contribution in [-0.2, 0) is 4.79 Å². The van der Waals surface area contributed by atoms with Crippen LogP contribution in [0.15, 0.2) is 36.5 Å². The highest BCUT2D eigenvalue weighted by Crippen LogP contribution is 2.20. The first-order chi connectivity index (χ1) is 10.6. The number of hydrogen-bond acceptors (Lipinski definition) is 3. The van der Waals surface area contributed by atoms with E-state index in [0.717, 1.165) is 0 Å². The van der Waals surface area contributed by atoms with Gasteiger partial charge in [0.1, 0.15) is 11.9 Å². The Bertz CT molecular complexity index is 711. The van der Waals surface area contributed by atoms with Crippen molar-refractivity contribution in [3.05, 3.63) is 48.0 Å². The van der Waals surface area contributed by atoms with E-state index in [4.69, 9.17) is 5.11 Å². The van der Waals surface area contributed by atoms with Gasteiger partial charge < -0.3 is 10.0 Å². The SMILES string of the molecule is O=C(O)C1CCCN1C(=O)c1ccn(-c2ccc(F)cc2)n1. The van der Waals surface area contributed by atoms with E-state index in [-0.39, 0.29) is 11.5 Å². The zero-order valence-electron chi connectivity index (χ0n) is 11.6.